The number of thiophene rings is 1. The van der Waals surface area contributed by atoms with E-state index in [1.807, 2.05) is 13.0 Å². The zero-order valence-electron chi connectivity index (χ0n) is 12.4. The van der Waals surface area contributed by atoms with E-state index in [2.05, 4.69) is 12.2 Å². The van der Waals surface area contributed by atoms with E-state index in [0.717, 1.165) is 17.7 Å². The molecular formula is C17H20FNOS. The van der Waals surface area contributed by atoms with Gasteiger partial charge in [-0.05, 0) is 43.0 Å². The average Bonchev–Trinajstić information content (AvgIpc) is 2.83. The van der Waals surface area contributed by atoms with Gasteiger partial charge in [-0.15, -0.1) is 11.3 Å². The van der Waals surface area contributed by atoms with Gasteiger partial charge in [0.2, 0.25) is 0 Å². The molecule has 0 saturated heterocycles. The van der Waals surface area contributed by atoms with E-state index in [1.54, 1.807) is 18.2 Å². The van der Waals surface area contributed by atoms with Gasteiger partial charge in [0.25, 0.3) is 5.91 Å². The standard InChI is InChI=1S/C17H20FNOS/c1-3-6-14-11-16(21-12(14)2)17(20)19-10-9-13-7-4-5-8-15(13)18/h4-5,7-8,11H,3,6,9-10H2,1-2H3,(H,19,20). The van der Waals surface area contributed by atoms with Crippen LogP contribution < -0.4 is 5.32 Å². The number of amides is 1. The van der Waals surface area contributed by atoms with Gasteiger partial charge in [0, 0.05) is 11.4 Å². The monoisotopic (exact) mass is 305 g/mol. The van der Waals surface area contributed by atoms with E-state index in [4.69, 9.17) is 0 Å². The molecule has 1 aromatic carbocycles. The van der Waals surface area contributed by atoms with E-state index in [-0.39, 0.29) is 11.7 Å². The van der Waals surface area contributed by atoms with Crippen molar-refractivity contribution in [2.24, 2.45) is 0 Å². The molecule has 2 aromatic rings. The molecular weight excluding hydrogens is 285 g/mol. The van der Waals surface area contributed by atoms with Gasteiger partial charge in [0.1, 0.15) is 5.82 Å². The molecule has 1 N–H and O–H groups in total. The topological polar surface area (TPSA) is 29.1 Å². The summed E-state index contributed by atoms with van der Waals surface area (Å²) in [6.45, 7) is 4.62. The first-order valence-electron chi connectivity index (χ1n) is 7.22. The number of rotatable bonds is 6. The van der Waals surface area contributed by atoms with Gasteiger partial charge in [-0.3, -0.25) is 4.79 Å². The molecule has 0 spiro atoms. The van der Waals surface area contributed by atoms with Crippen molar-refractivity contribution in [2.75, 3.05) is 6.54 Å². The second-order valence-electron chi connectivity index (χ2n) is 5.04. The average molecular weight is 305 g/mol. The zero-order chi connectivity index (χ0) is 15.2. The fourth-order valence-electron chi connectivity index (χ4n) is 2.25. The van der Waals surface area contributed by atoms with Gasteiger partial charge < -0.3 is 5.32 Å². The summed E-state index contributed by atoms with van der Waals surface area (Å²) < 4.78 is 13.5. The maximum Gasteiger partial charge on any atom is 0.261 e. The van der Waals surface area contributed by atoms with Gasteiger partial charge in [0.05, 0.1) is 4.88 Å². The Morgan fingerprint density at radius 3 is 2.71 bits per heavy atom. The number of benzene rings is 1. The van der Waals surface area contributed by atoms with Crippen molar-refractivity contribution >= 4 is 17.2 Å². The van der Waals surface area contributed by atoms with Crippen molar-refractivity contribution in [3.8, 4) is 0 Å². The summed E-state index contributed by atoms with van der Waals surface area (Å²) >= 11 is 1.53. The molecule has 1 amide bonds. The van der Waals surface area contributed by atoms with Crippen LogP contribution in [0.1, 0.15) is 39.0 Å². The number of nitrogens with one attached hydrogen (secondary N) is 1. The third-order valence-electron chi connectivity index (χ3n) is 3.40. The Morgan fingerprint density at radius 1 is 1.24 bits per heavy atom. The number of carbonyl (C=O) groups excluding carboxylic acids is 1. The highest BCUT2D eigenvalue weighted by Crippen LogP contribution is 2.22. The molecule has 1 aromatic heterocycles. The second-order valence-corrected chi connectivity index (χ2v) is 6.30. The third-order valence-corrected chi connectivity index (χ3v) is 4.49. The molecule has 4 heteroatoms. The van der Waals surface area contributed by atoms with Gasteiger partial charge in [-0.25, -0.2) is 4.39 Å². The minimum absolute atomic E-state index is 0.0678. The number of hydrogen-bond donors (Lipinski definition) is 1. The van der Waals surface area contributed by atoms with Crippen LogP contribution in [-0.4, -0.2) is 12.5 Å². The fourth-order valence-corrected chi connectivity index (χ4v) is 3.24. The molecule has 0 radical (unpaired) electrons. The molecule has 112 valence electrons. The smallest absolute Gasteiger partial charge is 0.261 e. The largest absolute Gasteiger partial charge is 0.351 e. The Bertz CT molecular complexity index is 621. The highest BCUT2D eigenvalue weighted by molar-refractivity contribution is 7.14. The summed E-state index contributed by atoms with van der Waals surface area (Å²) in [6, 6.07) is 8.63. The Balaban J connectivity index is 1.90. The van der Waals surface area contributed by atoms with Crippen molar-refractivity contribution in [2.45, 2.75) is 33.1 Å². The first-order valence-corrected chi connectivity index (χ1v) is 8.04. The van der Waals surface area contributed by atoms with Gasteiger partial charge in [0.15, 0.2) is 0 Å². The van der Waals surface area contributed by atoms with Crippen LogP contribution in [0, 0.1) is 12.7 Å². The van der Waals surface area contributed by atoms with Crippen LogP contribution in [0.3, 0.4) is 0 Å². The summed E-state index contributed by atoms with van der Waals surface area (Å²) in [4.78, 5) is 14.0. The van der Waals surface area contributed by atoms with E-state index < -0.39 is 0 Å². The van der Waals surface area contributed by atoms with Crippen molar-refractivity contribution in [1.82, 2.24) is 5.32 Å². The normalized spacial score (nSPS) is 10.6. The number of aryl methyl sites for hydroxylation is 2. The van der Waals surface area contributed by atoms with Crippen molar-refractivity contribution in [3.05, 3.63) is 57.0 Å². The van der Waals surface area contributed by atoms with Gasteiger partial charge in [-0.2, -0.15) is 0 Å². The lowest BCUT2D eigenvalue weighted by atomic mass is 10.1. The maximum absolute atomic E-state index is 13.5. The lowest BCUT2D eigenvalue weighted by Crippen LogP contribution is -2.25. The van der Waals surface area contributed by atoms with Crippen LogP contribution in [0.4, 0.5) is 4.39 Å². The summed E-state index contributed by atoms with van der Waals surface area (Å²) in [7, 11) is 0. The molecule has 2 nitrogen and oxygen atoms in total. The SMILES string of the molecule is CCCc1cc(C(=O)NCCc2ccccc2F)sc1C. The molecule has 2 rings (SSSR count). The number of halogens is 1. The molecule has 0 unspecified atom stereocenters. The molecule has 1 heterocycles. The van der Waals surface area contributed by atoms with Crippen LogP contribution in [-0.2, 0) is 12.8 Å². The second kappa shape index (κ2) is 7.36. The molecule has 21 heavy (non-hydrogen) atoms. The number of hydrogen-bond acceptors (Lipinski definition) is 2. The summed E-state index contributed by atoms with van der Waals surface area (Å²) in [5.74, 6) is -0.286. The van der Waals surface area contributed by atoms with E-state index in [1.165, 1.54) is 27.8 Å². The molecule has 0 fully saturated rings. The third kappa shape index (κ3) is 4.14. The van der Waals surface area contributed by atoms with E-state index in [9.17, 15) is 9.18 Å². The minimum atomic E-state index is -0.219. The van der Waals surface area contributed by atoms with Crippen molar-refractivity contribution in [3.63, 3.8) is 0 Å². The predicted octanol–water partition coefficient (Wildman–Crippen LogP) is 4.12. The molecule has 0 aliphatic carbocycles. The summed E-state index contributed by atoms with van der Waals surface area (Å²) in [5.41, 5.74) is 1.88. The Kier molecular flexibility index (Phi) is 5.51. The Labute approximate surface area is 129 Å². The van der Waals surface area contributed by atoms with Crippen LogP contribution in [0.5, 0.6) is 0 Å². The Morgan fingerprint density at radius 2 is 2.00 bits per heavy atom. The first-order chi connectivity index (χ1) is 10.1. The zero-order valence-corrected chi connectivity index (χ0v) is 13.2. The van der Waals surface area contributed by atoms with Crippen LogP contribution in [0.25, 0.3) is 0 Å². The lowest BCUT2D eigenvalue weighted by molar-refractivity contribution is 0.0958. The molecule has 0 bridgehead atoms. The van der Waals surface area contributed by atoms with E-state index >= 15 is 0 Å². The predicted molar refractivity (Wildman–Crippen MR) is 85.5 cm³/mol. The molecule has 0 saturated carbocycles. The van der Waals surface area contributed by atoms with Gasteiger partial charge in [-0.1, -0.05) is 31.5 Å². The van der Waals surface area contributed by atoms with Crippen LogP contribution >= 0.6 is 11.3 Å². The molecule has 0 atom stereocenters. The van der Waals surface area contributed by atoms with Gasteiger partial charge >= 0.3 is 0 Å². The summed E-state index contributed by atoms with van der Waals surface area (Å²) in [5, 5.41) is 2.86. The minimum Gasteiger partial charge on any atom is -0.351 e. The van der Waals surface area contributed by atoms with Crippen LogP contribution in [0.15, 0.2) is 30.3 Å². The fraction of sp³-hybridized carbons (Fsp3) is 0.353. The molecule has 0 aliphatic rings. The highest BCUT2D eigenvalue weighted by Gasteiger charge is 2.11. The lowest BCUT2D eigenvalue weighted by Gasteiger charge is -2.04. The number of carbonyl (C=O) groups is 1. The van der Waals surface area contributed by atoms with Crippen LogP contribution in [0.2, 0.25) is 0 Å². The van der Waals surface area contributed by atoms with Crippen molar-refractivity contribution < 1.29 is 9.18 Å². The Hall–Kier alpha value is -1.68. The van der Waals surface area contributed by atoms with Crippen molar-refractivity contribution in [1.29, 1.82) is 0 Å². The quantitative estimate of drug-likeness (QED) is 0.854. The maximum atomic E-state index is 13.5. The first kappa shape index (κ1) is 15.7. The highest BCUT2D eigenvalue weighted by atomic mass is 32.1. The molecule has 0 aliphatic heterocycles. The van der Waals surface area contributed by atoms with E-state index in [0.29, 0.717) is 18.5 Å². The summed E-state index contributed by atoms with van der Waals surface area (Å²) in [6.07, 6.45) is 2.58.